The molecule has 0 fully saturated rings. The average Bonchev–Trinajstić information content (AvgIpc) is 4.13. The van der Waals surface area contributed by atoms with Crippen molar-refractivity contribution in [3.63, 3.8) is 0 Å². The van der Waals surface area contributed by atoms with Crippen LogP contribution in [0.4, 0.5) is 0 Å². The summed E-state index contributed by atoms with van der Waals surface area (Å²) >= 11 is 0. The summed E-state index contributed by atoms with van der Waals surface area (Å²) in [6.45, 7) is 13.4. The normalized spacial score (nSPS) is 11.5. The van der Waals surface area contributed by atoms with Crippen molar-refractivity contribution in [1.82, 2.24) is 19.9 Å². The second-order valence-electron chi connectivity index (χ2n) is 16.0. The fraction of sp³-hybridized carbons (Fsp3) is 0.296. The number of aryl methyl sites for hydroxylation is 4. The summed E-state index contributed by atoms with van der Waals surface area (Å²) in [7, 11) is 0. The van der Waals surface area contributed by atoms with Crippen molar-refractivity contribution in [2.24, 2.45) is 0 Å². The van der Waals surface area contributed by atoms with Gasteiger partial charge in [0.2, 0.25) is 0 Å². The van der Waals surface area contributed by atoms with Gasteiger partial charge in [-0.1, -0.05) is 76.1 Å². The van der Waals surface area contributed by atoms with E-state index >= 15 is 0 Å². The number of nitrogens with one attached hydrogen (secondary N) is 2. The maximum absolute atomic E-state index is 12.0. The number of aromatic nitrogens is 4. The van der Waals surface area contributed by atoms with Gasteiger partial charge >= 0.3 is 0 Å². The average molecular weight is 823 g/mol. The summed E-state index contributed by atoms with van der Waals surface area (Å²) < 4.78 is 12.3. The summed E-state index contributed by atoms with van der Waals surface area (Å²) in [6, 6.07) is 15.7. The first-order valence-electron chi connectivity index (χ1n) is 21.8. The minimum Gasteiger partial charge on any atom is -0.493 e. The largest absolute Gasteiger partial charge is 0.493 e. The second-order valence-corrected chi connectivity index (χ2v) is 16.0. The lowest BCUT2D eigenvalue weighted by molar-refractivity contribution is 0.111. The second kappa shape index (κ2) is 20.1. The van der Waals surface area contributed by atoms with E-state index in [1.165, 1.54) is 0 Å². The van der Waals surface area contributed by atoms with Gasteiger partial charge < -0.3 is 19.4 Å². The number of ether oxygens (including phenoxy) is 2. The SMILES string of the molecule is CCCCCCOc1cc(C=O)c(C)cc1C#Cc1c2ccc([nH]2)c(C)c2nc(c(C#Cc3cc(OCCCCCC)c(C=O)cc3C)c3nc(c(C)c4ccc1[nH]4)C=C3)C=C2. The minimum absolute atomic E-state index is 0.520. The summed E-state index contributed by atoms with van der Waals surface area (Å²) in [4.78, 5) is 41.4. The predicted molar refractivity (Wildman–Crippen MR) is 253 cm³/mol. The van der Waals surface area contributed by atoms with Crippen LogP contribution >= 0.6 is 0 Å². The Morgan fingerprint density at radius 2 is 1.03 bits per heavy atom. The Balaban J connectivity index is 1.36. The van der Waals surface area contributed by atoms with Crippen LogP contribution < -0.4 is 9.47 Å². The first kappa shape index (κ1) is 43.2. The van der Waals surface area contributed by atoms with Gasteiger partial charge in [-0.15, -0.1) is 0 Å². The van der Waals surface area contributed by atoms with Crippen LogP contribution in [-0.4, -0.2) is 45.7 Å². The number of H-pyrrole nitrogens is 2. The number of hydrogen-bond acceptors (Lipinski definition) is 6. The van der Waals surface area contributed by atoms with Gasteiger partial charge in [0.05, 0.1) is 69.3 Å². The highest BCUT2D eigenvalue weighted by Crippen LogP contribution is 2.29. The monoisotopic (exact) mass is 822 g/mol. The number of fused-ring (bicyclic) bond motifs is 8. The summed E-state index contributed by atoms with van der Waals surface area (Å²) in [6.07, 6.45) is 18.3. The maximum Gasteiger partial charge on any atom is 0.153 e. The number of rotatable bonds is 14. The molecule has 0 atom stereocenters. The van der Waals surface area contributed by atoms with Crippen LogP contribution in [0.2, 0.25) is 0 Å². The Morgan fingerprint density at radius 3 is 1.60 bits per heavy atom. The number of hydrogen-bond donors (Lipinski definition) is 2. The standard InChI is InChI=1S/C54H54N4O4/c1-7-9-11-13-27-61-53-32-41(33-59)36(4)29-40(53)16-18-44-51-25-21-47(57-51)37(5)45-19-23-49(55-45)43(50-24-20-46(56-50)38(6)48-22-26-52(44)58-48)17-15-39-31-54(42(34-60)30-35(39)3)62-28-14-12-10-8-2/h19-26,29-34,57-58H,7-14,27-28H2,1-6H3. The first-order valence-corrected chi connectivity index (χ1v) is 21.8. The van der Waals surface area contributed by atoms with Crippen molar-refractivity contribution >= 4 is 58.9 Å². The van der Waals surface area contributed by atoms with Crippen LogP contribution in [0.5, 0.6) is 11.5 Å². The third-order valence-corrected chi connectivity index (χ3v) is 11.4. The molecule has 2 aliphatic rings. The Kier molecular flexibility index (Phi) is 14.0. The van der Waals surface area contributed by atoms with Gasteiger partial charge in [0, 0.05) is 22.2 Å². The van der Waals surface area contributed by atoms with Gasteiger partial charge in [0.1, 0.15) is 17.8 Å². The highest BCUT2D eigenvalue weighted by Gasteiger charge is 2.15. The predicted octanol–water partition coefficient (Wildman–Crippen LogP) is 12.2. The molecule has 5 aromatic rings. The van der Waals surface area contributed by atoms with Crippen molar-refractivity contribution < 1.29 is 19.1 Å². The van der Waals surface area contributed by atoms with Crippen molar-refractivity contribution in [2.45, 2.75) is 92.9 Å². The van der Waals surface area contributed by atoms with E-state index in [0.717, 1.165) is 136 Å². The van der Waals surface area contributed by atoms with Crippen molar-refractivity contribution in [2.75, 3.05) is 13.2 Å². The van der Waals surface area contributed by atoms with Gasteiger partial charge in [0.15, 0.2) is 6.29 Å². The third-order valence-electron chi connectivity index (χ3n) is 11.4. The summed E-state index contributed by atoms with van der Waals surface area (Å²) in [5.41, 5.74) is 14.3. The Morgan fingerprint density at radius 1 is 0.516 bits per heavy atom. The molecule has 2 aliphatic heterocycles. The Labute approximate surface area is 364 Å². The number of carbonyl (C=O) groups is 2. The van der Waals surface area contributed by atoms with Gasteiger partial charge in [-0.05, 0) is 136 Å². The summed E-state index contributed by atoms with van der Waals surface area (Å²) in [5, 5.41) is 0. The lowest BCUT2D eigenvalue weighted by atomic mass is 10.0. The van der Waals surface area contributed by atoms with E-state index in [0.29, 0.717) is 52.8 Å². The van der Waals surface area contributed by atoms with E-state index < -0.39 is 0 Å². The number of aldehydes is 2. The first-order chi connectivity index (χ1) is 30.2. The molecule has 0 radical (unpaired) electrons. The zero-order valence-corrected chi connectivity index (χ0v) is 36.7. The van der Waals surface area contributed by atoms with E-state index in [1.807, 2.05) is 68.5 Å². The third kappa shape index (κ3) is 9.83. The fourth-order valence-electron chi connectivity index (χ4n) is 7.55. The van der Waals surface area contributed by atoms with Crippen LogP contribution in [0.15, 0.2) is 48.5 Å². The van der Waals surface area contributed by atoms with E-state index in [4.69, 9.17) is 19.4 Å². The molecule has 8 bridgehead atoms. The smallest absolute Gasteiger partial charge is 0.153 e. The number of unbranched alkanes of at least 4 members (excludes halogenated alkanes) is 6. The van der Waals surface area contributed by atoms with Crippen molar-refractivity contribution in [3.8, 4) is 35.2 Å². The molecule has 0 unspecified atom stereocenters. The van der Waals surface area contributed by atoms with Gasteiger partial charge in [-0.2, -0.15) is 0 Å². The van der Waals surface area contributed by atoms with E-state index in [-0.39, 0.29) is 0 Å². The fourth-order valence-corrected chi connectivity index (χ4v) is 7.55. The molecule has 314 valence electrons. The van der Waals surface area contributed by atoms with Gasteiger partial charge in [0.25, 0.3) is 0 Å². The number of aromatic amines is 2. The molecule has 0 saturated heterocycles. The summed E-state index contributed by atoms with van der Waals surface area (Å²) in [5.74, 6) is 14.9. The van der Waals surface area contributed by atoms with E-state index in [9.17, 15) is 9.59 Å². The topological polar surface area (TPSA) is 110 Å². The molecule has 0 saturated carbocycles. The molecule has 2 N–H and O–H groups in total. The molecular formula is C54H54N4O4. The van der Waals surface area contributed by atoms with Gasteiger partial charge in [-0.25, -0.2) is 9.97 Å². The minimum atomic E-state index is 0.520. The molecule has 2 aromatic carbocycles. The molecular weight excluding hydrogens is 769 g/mol. The van der Waals surface area contributed by atoms with E-state index in [2.05, 4.69) is 73.5 Å². The van der Waals surface area contributed by atoms with E-state index in [1.54, 1.807) is 6.07 Å². The lowest BCUT2D eigenvalue weighted by Crippen LogP contribution is -2.01. The lowest BCUT2D eigenvalue weighted by Gasteiger charge is -2.10. The maximum atomic E-state index is 12.0. The van der Waals surface area contributed by atoms with Crippen LogP contribution in [0.1, 0.15) is 153 Å². The molecule has 62 heavy (non-hydrogen) atoms. The van der Waals surface area contributed by atoms with Crippen LogP contribution in [-0.2, 0) is 0 Å². The molecule has 0 spiro atoms. The molecule has 5 heterocycles. The van der Waals surface area contributed by atoms with Crippen molar-refractivity contribution in [3.05, 3.63) is 127 Å². The Bertz CT molecular complexity index is 2780. The molecule has 8 heteroatoms. The Hall–Kier alpha value is -6.90. The highest BCUT2D eigenvalue weighted by molar-refractivity contribution is 5.86. The van der Waals surface area contributed by atoms with Crippen LogP contribution in [0.3, 0.4) is 0 Å². The highest BCUT2D eigenvalue weighted by atomic mass is 16.5. The number of nitrogens with zero attached hydrogens (tertiary/aromatic N) is 2. The van der Waals surface area contributed by atoms with Crippen molar-refractivity contribution in [1.29, 1.82) is 0 Å². The zero-order valence-electron chi connectivity index (χ0n) is 36.7. The molecule has 0 aliphatic carbocycles. The molecule has 0 amide bonds. The molecule has 3 aromatic heterocycles. The zero-order chi connectivity index (χ0) is 43.6. The number of carbonyl (C=O) groups excluding carboxylic acids is 2. The molecule has 8 nitrogen and oxygen atoms in total. The van der Waals surface area contributed by atoms with Crippen LogP contribution in [0.25, 0.3) is 46.4 Å². The quantitative estimate of drug-likeness (QED) is 0.0642. The number of benzene rings is 2. The van der Waals surface area contributed by atoms with Crippen LogP contribution in [0, 0.1) is 51.4 Å². The molecule has 7 rings (SSSR count). The van der Waals surface area contributed by atoms with Gasteiger partial charge in [-0.3, -0.25) is 9.59 Å².